The van der Waals surface area contributed by atoms with Gasteiger partial charge in [0.25, 0.3) is 5.91 Å². The van der Waals surface area contributed by atoms with Crippen molar-refractivity contribution in [2.75, 3.05) is 11.4 Å². The molecule has 5 heteroatoms. The predicted molar refractivity (Wildman–Crippen MR) is 76.5 cm³/mol. The van der Waals surface area contributed by atoms with E-state index in [1.54, 1.807) is 29.3 Å². The van der Waals surface area contributed by atoms with Crippen LogP contribution in [0.15, 0.2) is 36.7 Å². The summed E-state index contributed by atoms with van der Waals surface area (Å²) in [5.41, 5.74) is 2.58. The van der Waals surface area contributed by atoms with Crippen molar-refractivity contribution in [3.63, 3.8) is 0 Å². The van der Waals surface area contributed by atoms with Gasteiger partial charge >= 0.3 is 0 Å². The van der Waals surface area contributed by atoms with E-state index in [9.17, 15) is 9.59 Å². The first kappa shape index (κ1) is 12.8. The fraction of sp³-hybridized carbons (Fsp3) is 0.133. The Morgan fingerprint density at radius 2 is 2.15 bits per heavy atom. The Morgan fingerprint density at radius 1 is 1.30 bits per heavy atom. The number of hydrogen-bond acceptors (Lipinski definition) is 3. The van der Waals surface area contributed by atoms with Gasteiger partial charge in [0.1, 0.15) is 0 Å². The number of anilines is 1. The monoisotopic (exact) mass is 286 g/mol. The Bertz CT molecular complexity index is 700. The number of rotatable bonds is 2. The van der Waals surface area contributed by atoms with Crippen LogP contribution in [0.25, 0.3) is 0 Å². The summed E-state index contributed by atoms with van der Waals surface area (Å²) in [6.07, 6.45) is 4.52. The van der Waals surface area contributed by atoms with Crippen LogP contribution in [0.3, 0.4) is 0 Å². The molecule has 0 N–H and O–H groups in total. The molecule has 0 spiro atoms. The molecule has 2 heterocycles. The third-order valence-corrected chi connectivity index (χ3v) is 3.63. The lowest BCUT2D eigenvalue weighted by molar-refractivity contribution is 0.0980. The van der Waals surface area contributed by atoms with E-state index >= 15 is 0 Å². The van der Waals surface area contributed by atoms with Crippen LogP contribution in [0.4, 0.5) is 5.69 Å². The lowest BCUT2D eigenvalue weighted by atomic mass is 9.98. The first-order chi connectivity index (χ1) is 9.70. The van der Waals surface area contributed by atoms with E-state index in [1.165, 1.54) is 6.20 Å². The second-order valence-electron chi connectivity index (χ2n) is 4.56. The maximum absolute atomic E-state index is 12.5. The minimum Gasteiger partial charge on any atom is -0.306 e. The number of nitrogens with zero attached hydrogens (tertiary/aromatic N) is 2. The molecule has 1 aromatic carbocycles. The molecule has 0 saturated carbocycles. The molecule has 4 nitrogen and oxygen atoms in total. The second kappa shape index (κ2) is 5.06. The average Bonchev–Trinajstić information content (AvgIpc) is 2.47. The number of aldehydes is 1. The summed E-state index contributed by atoms with van der Waals surface area (Å²) >= 11 is 5.94. The molecule has 1 aromatic heterocycles. The summed E-state index contributed by atoms with van der Waals surface area (Å²) in [5, 5.41) is 0.625. The van der Waals surface area contributed by atoms with E-state index in [0.29, 0.717) is 34.8 Å². The maximum Gasteiger partial charge on any atom is 0.258 e. The van der Waals surface area contributed by atoms with Gasteiger partial charge in [-0.2, -0.15) is 0 Å². The molecule has 0 fully saturated rings. The number of pyridine rings is 1. The quantitative estimate of drug-likeness (QED) is 0.798. The Hall–Kier alpha value is -2.20. The minimum atomic E-state index is -0.126. The van der Waals surface area contributed by atoms with E-state index in [-0.39, 0.29) is 5.91 Å². The molecule has 0 saturated heterocycles. The van der Waals surface area contributed by atoms with Crippen LogP contribution < -0.4 is 4.90 Å². The fourth-order valence-electron chi connectivity index (χ4n) is 2.41. The molecule has 0 atom stereocenters. The molecule has 0 unspecified atom stereocenters. The zero-order valence-corrected chi connectivity index (χ0v) is 11.3. The van der Waals surface area contributed by atoms with Crippen molar-refractivity contribution >= 4 is 29.5 Å². The lowest BCUT2D eigenvalue weighted by Gasteiger charge is -2.29. The van der Waals surface area contributed by atoms with Gasteiger partial charge in [0.2, 0.25) is 0 Å². The molecule has 1 aliphatic rings. The van der Waals surface area contributed by atoms with Crippen molar-refractivity contribution in [1.29, 1.82) is 0 Å². The highest BCUT2D eigenvalue weighted by molar-refractivity contribution is 6.30. The van der Waals surface area contributed by atoms with Crippen LogP contribution in [0, 0.1) is 0 Å². The first-order valence-corrected chi connectivity index (χ1v) is 6.58. The van der Waals surface area contributed by atoms with Crippen molar-refractivity contribution in [2.24, 2.45) is 0 Å². The highest BCUT2D eigenvalue weighted by Gasteiger charge is 2.27. The van der Waals surface area contributed by atoms with Crippen molar-refractivity contribution in [3.8, 4) is 0 Å². The fourth-order valence-corrected chi connectivity index (χ4v) is 2.60. The summed E-state index contributed by atoms with van der Waals surface area (Å²) in [7, 11) is 0. The molecule has 2 aromatic rings. The Labute approximate surface area is 121 Å². The Morgan fingerprint density at radius 3 is 2.95 bits per heavy atom. The molecule has 100 valence electrons. The lowest BCUT2D eigenvalue weighted by Crippen LogP contribution is -2.38. The van der Waals surface area contributed by atoms with E-state index in [0.717, 1.165) is 11.8 Å². The van der Waals surface area contributed by atoms with E-state index in [2.05, 4.69) is 4.98 Å². The number of carbonyl (C=O) groups is 2. The molecule has 1 aliphatic heterocycles. The van der Waals surface area contributed by atoms with Gasteiger partial charge in [0.15, 0.2) is 6.29 Å². The van der Waals surface area contributed by atoms with E-state index < -0.39 is 0 Å². The van der Waals surface area contributed by atoms with Gasteiger partial charge in [-0.15, -0.1) is 0 Å². The summed E-state index contributed by atoms with van der Waals surface area (Å²) in [6.45, 7) is 0.513. The second-order valence-corrected chi connectivity index (χ2v) is 5.00. The number of halogens is 1. The van der Waals surface area contributed by atoms with Crippen LogP contribution in [-0.2, 0) is 6.42 Å². The van der Waals surface area contributed by atoms with Gasteiger partial charge in [-0.3, -0.25) is 14.6 Å². The zero-order chi connectivity index (χ0) is 14.1. The van der Waals surface area contributed by atoms with Gasteiger partial charge in [-0.05, 0) is 36.2 Å². The van der Waals surface area contributed by atoms with Crippen molar-refractivity contribution in [3.05, 3.63) is 58.4 Å². The number of carbonyl (C=O) groups excluding carboxylic acids is 2. The van der Waals surface area contributed by atoms with Gasteiger partial charge < -0.3 is 4.90 Å². The summed E-state index contributed by atoms with van der Waals surface area (Å²) in [4.78, 5) is 29.2. The largest absolute Gasteiger partial charge is 0.306 e. The summed E-state index contributed by atoms with van der Waals surface area (Å²) in [5.74, 6) is -0.126. The molecule has 0 radical (unpaired) electrons. The highest BCUT2D eigenvalue weighted by atomic mass is 35.5. The molecule has 0 bridgehead atoms. The smallest absolute Gasteiger partial charge is 0.258 e. The number of benzene rings is 1. The standard InChI is InChI=1S/C15H11ClN2O2/c16-12-1-2-13-10(7-12)4-6-18(15(13)20)14-8-17-5-3-11(14)9-19/h1-3,5,7-9H,4,6H2. The summed E-state index contributed by atoms with van der Waals surface area (Å²) in [6, 6.07) is 6.85. The summed E-state index contributed by atoms with van der Waals surface area (Å²) < 4.78 is 0. The SMILES string of the molecule is O=Cc1ccncc1N1CCc2cc(Cl)ccc2C1=O. The van der Waals surface area contributed by atoms with Crippen LogP contribution in [-0.4, -0.2) is 23.7 Å². The molecular formula is C15H11ClN2O2. The number of aromatic nitrogens is 1. The van der Waals surface area contributed by atoms with Crippen LogP contribution in [0.1, 0.15) is 26.3 Å². The molecule has 20 heavy (non-hydrogen) atoms. The van der Waals surface area contributed by atoms with Crippen LogP contribution in [0.2, 0.25) is 5.02 Å². The van der Waals surface area contributed by atoms with Crippen molar-refractivity contribution in [2.45, 2.75) is 6.42 Å². The topological polar surface area (TPSA) is 50.3 Å². The van der Waals surface area contributed by atoms with Gasteiger partial charge in [-0.1, -0.05) is 11.6 Å². The van der Waals surface area contributed by atoms with Crippen molar-refractivity contribution in [1.82, 2.24) is 4.98 Å². The zero-order valence-electron chi connectivity index (χ0n) is 10.5. The predicted octanol–water partition coefficient (Wildman–Crippen LogP) is 2.75. The number of fused-ring (bicyclic) bond motifs is 1. The first-order valence-electron chi connectivity index (χ1n) is 6.20. The van der Waals surface area contributed by atoms with Crippen LogP contribution in [0.5, 0.6) is 0 Å². The maximum atomic E-state index is 12.5. The van der Waals surface area contributed by atoms with E-state index in [4.69, 9.17) is 11.6 Å². The number of hydrogen-bond donors (Lipinski definition) is 0. The minimum absolute atomic E-state index is 0.126. The van der Waals surface area contributed by atoms with E-state index in [1.807, 2.05) is 6.07 Å². The van der Waals surface area contributed by atoms with Gasteiger partial charge in [0.05, 0.1) is 11.9 Å². The normalized spacial score (nSPS) is 14.1. The Kier molecular flexibility index (Phi) is 3.24. The third kappa shape index (κ3) is 2.08. The third-order valence-electron chi connectivity index (χ3n) is 3.40. The van der Waals surface area contributed by atoms with Gasteiger partial charge in [-0.25, -0.2) is 0 Å². The Balaban J connectivity index is 2.04. The van der Waals surface area contributed by atoms with Crippen LogP contribution >= 0.6 is 11.6 Å². The molecule has 0 aliphatic carbocycles. The molecule has 3 rings (SSSR count). The molecular weight excluding hydrogens is 276 g/mol. The average molecular weight is 287 g/mol. The number of amides is 1. The van der Waals surface area contributed by atoms with Gasteiger partial charge in [0, 0.05) is 28.9 Å². The highest BCUT2D eigenvalue weighted by Crippen LogP contribution is 2.27. The van der Waals surface area contributed by atoms with Crippen molar-refractivity contribution < 1.29 is 9.59 Å². The molecule has 1 amide bonds.